The molecule has 0 saturated heterocycles. The first-order valence-electron chi connectivity index (χ1n) is 6.33. The first-order valence-corrected chi connectivity index (χ1v) is 6.33. The largest absolute Gasteiger partial charge is 0.294 e. The van der Waals surface area contributed by atoms with Crippen LogP contribution in [0.25, 0.3) is 10.8 Å². The summed E-state index contributed by atoms with van der Waals surface area (Å²) in [6, 6.07) is 7.79. The molecule has 0 bridgehead atoms. The molecule has 94 valence electrons. The van der Waals surface area contributed by atoms with Crippen molar-refractivity contribution in [3.05, 3.63) is 42.2 Å². The van der Waals surface area contributed by atoms with E-state index in [-0.39, 0.29) is 11.2 Å². The van der Waals surface area contributed by atoms with Crippen LogP contribution in [0.15, 0.2) is 36.7 Å². The van der Waals surface area contributed by atoms with Crippen molar-refractivity contribution in [2.75, 3.05) is 0 Å². The fourth-order valence-electron chi connectivity index (χ4n) is 1.98. The molecule has 18 heavy (non-hydrogen) atoms. The van der Waals surface area contributed by atoms with Gasteiger partial charge in [0.1, 0.15) is 0 Å². The maximum atomic E-state index is 12.3. The third kappa shape index (κ3) is 2.95. The topological polar surface area (TPSA) is 30.0 Å². The quantitative estimate of drug-likeness (QED) is 0.752. The van der Waals surface area contributed by atoms with Crippen molar-refractivity contribution in [3.8, 4) is 0 Å². The number of hydrogen-bond donors (Lipinski definition) is 0. The smallest absolute Gasteiger partial charge is 0.163 e. The summed E-state index contributed by atoms with van der Waals surface area (Å²) < 4.78 is 0. The van der Waals surface area contributed by atoms with Crippen molar-refractivity contribution in [2.24, 2.45) is 5.41 Å². The molecule has 1 aromatic heterocycles. The Balaban J connectivity index is 2.28. The predicted molar refractivity (Wildman–Crippen MR) is 74.8 cm³/mol. The van der Waals surface area contributed by atoms with Crippen molar-refractivity contribution in [1.29, 1.82) is 0 Å². The van der Waals surface area contributed by atoms with E-state index in [9.17, 15) is 4.79 Å². The molecule has 2 rings (SSSR count). The molecule has 0 aliphatic heterocycles. The minimum absolute atomic E-state index is 0.193. The van der Waals surface area contributed by atoms with Crippen molar-refractivity contribution >= 4 is 16.6 Å². The maximum Gasteiger partial charge on any atom is 0.163 e. The summed E-state index contributed by atoms with van der Waals surface area (Å²) in [5, 5.41) is 2.03. The molecule has 0 N–H and O–H groups in total. The predicted octanol–water partition coefficient (Wildman–Crippen LogP) is 4.24. The molecule has 0 amide bonds. The van der Waals surface area contributed by atoms with Crippen LogP contribution in [-0.4, -0.2) is 10.8 Å². The van der Waals surface area contributed by atoms with E-state index in [2.05, 4.69) is 25.8 Å². The van der Waals surface area contributed by atoms with Gasteiger partial charge in [0.15, 0.2) is 5.78 Å². The summed E-state index contributed by atoms with van der Waals surface area (Å²) in [5.41, 5.74) is 0.989. The molecule has 0 aliphatic carbocycles. The van der Waals surface area contributed by atoms with Gasteiger partial charge in [-0.25, -0.2) is 0 Å². The molecular weight excluding hydrogens is 222 g/mol. The van der Waals surface area contributed by atoms with Gasteiger partial charge in [-0.2, -0.15) is 0 Å². The molecule has 1 aromatic carbocycles. The zero-order valence-corrected chi connectivity index (χ0v) is 11.2. The van der Waals surface area contributed by atoms with Crippen LogP contribution < -0.4 is 0 Å². The van der Waals surface area contributed by atoms with Gasteiger partial charge >= 0.3 is 0 Å². The van der Waals surface area contributed by atoms with E-state index in [4.69, 9.17) is 0 Å². The second kappa shape index (κ2) is 4.89. The van der Waals surface area contributed by atoms with Crippen molar-refractivity contribution in [1.82, 2.24) is 4.98 Å². The van der Waals surface area contributed by atoms with E-state index >= 15 is 0 Å². The van der Waals surface area contributed by atoms with Gasteiger partial charge in [0.05, 0.1) is 0 Å². The summed E-state index contributed by atoms with van der Waals surface area (Å²) >= 11 is 0. The van der Waals surface area contributed by atoms with Gasteiger partial charge in [0, 0.05) is 29.8 Å². The zero-order valence-electron chi connectivity index (χ0n) is 11.2. The number of fused-ring (bicyclic) bond motifs is 1. The SMILES string of the molecule is CC(C)(C)CCC(=O)c1cccc2ccncc12. The van der Waals surface area contributed by atoms with E-state index in [0.717, 1.165) is 22.8 Å². The first-order chi connectivity index (χ1) is 8.47. The molecule has 0 atom stereocenters. The van der Waals surface area contributed by atoms with Crippen molar-refractivity contribution < 1.29 is 4.79 Å². The lowest BCUT2D eigenvalue weighted by Crippen LogP contribution is -2.09. The molecule has 2 nitrogen and oxygen atoms in total. The van der Waals surface area contributed by atoms with E-state index in [1.54, 1.807) is 12.4 Å². The molecule has 1 heterocycles. The second-order valence-electron chi connectivity index (χ2n) is 5.89. The van der Waals surface area contributed by atoms with Gasteiger partial charge < -0.3 is 0 Å². The number of aromatic nitrogens is 1. The van der Waals surface area contributed by atoms with Crippen LogP contribution in [0.4, 0.5) is 0 Å². The number of benzene rings is 1. The van der Waals surface area contributed by atoms with Crippen LogP contribution in [0.2, 0.25) is 0 Å². The van der Waals surface area contributed by atoms with Gasteiger partial charge in [-0.05, 0) is 23.3 Å². The van der Waals surface area contributed by atoms with Crippen molar-refractivity contribution in [3.63, 3.8) is 0 Å². The summed E-state index contributed by atoms with van der Waals surface area (Å²) in [5.74, 6) is 0.212. The normalized spacial score (nSPS) is 11.7. The molecule has 0 aliphatic rings. The van der Waals surface area contributed by atoms with Crippen LogP contribution in [0.3, 0.4) is 0 Å². The lowest BCUT2D eigenvalue weighted by molar-refractivity contribution is 0.0967. The number of rotatable bonds is 3. The lowest BCUT2D eigenvalue weighted by atomic mass is 9.88. The van der Waals surface area contributed by atoms with E-state index in [1.165, 1.54) is 0 Å². The summed E-state index contributed by atoms with van der Waals surface area (Å²) in [4.78, 5) is 16.4. The fraction of sp³-hybridized carbons (Fsp3) is 0.375. The van der Waals surface area contributed by atoms with Crippen LogP contribution >= 0.6 is 0 Å². The Hall–Kier alpha value is -1.70. The number of carbonyl (C=O) groups is 1. The highest BCUT2D eigenvalue weighted by molar-refractivity contribution is 6.07. The molecule has 0 radical (unpaired) electrons. The van der Waals surface area contributed by atoms with Gasteiger partial charge in [0.25, 0.3) is 0 Å². The monoisotopic (exact) mass is 241 g/mol. The Bertz CT molecular complexity index is 561. The average molecular weight is 241 g/mol. The summed E-state index contributed by atoms with van der Waals surface area (Å²) in [6.07, 6.45) is 5.03. The van der Waals surface area contributed by atoms with Gasteiger partial charge in [0.2, 0.25) is 0 Å². The molecule has 0 saturated carbocycles. The summed E-state index contributed by atoms with van der Waals surface area (Å²) in [6.45, 7) is 6.47. The molecule has 0 spiro atoms. The summed E-state index contributed by atoms with van der Waals surface area (Å²) in [7, 11) is 0. The molecule has 2 aromatic rings. The highest BCUT2D eigenvalue weighted by atomic mass is 16.1. The number of carbonyl (C=O) groups excluding carboxylic acids is 1. The Labute approximate surface area is 108 Å². The van der Waals surface area contributed by atoms with E-state index in [0.29, 0.717) is 6.42 Å². The standard InChI is InChI=1S/C16H19NO/c1-16(2,3)9-7-15(18)13-6-4-5-12-8-10-17-11-14(12)13/h4-6,8,10-11H,7,9H2,1-3H3. The number of pyridine rings is 1. The van der Waals surface area contributed by atoms with Gasteiger partial charge in [-0.3, -0.25) is 9.78 Å². The molecular formula is C16H19NO. The minimum Gasteiger partial charge on any atom is -0.294 e. The minimum atomic E-state index is 0.193. The Kier molecular flexibility index (Phi) is 3.46. The maximum absolute atomic E-state index is 12.3. The Morgan fingerprint density at radius 3 is 2.72 bits per heavy atom. The Morgan fingerprint density at radius 1 is 1.22 bits per heavy atom. The van der Waals surface area contributed by atoms with Gasteiger partial charge in [-0.15, -0.1) is 0 Å². The molecule has 2 heteroatoms. The van der Waals surface area contributed by atoms with Crippen LogP contribution in [-0.2, 0) is 0 Å². The third-order valence-corrected chi connectivity index (χ3v) is 3.09. The third-order valence-electron chi connectivity index (χ3n) is 3.09. The molecule has 0 unspecified atom stereocenters. The van der Waals surface area contributed by atoms with Crippen molar-refractivity contribution in [2.45, 2.75) is 33.6 Å². The van der Waals surface area contributed by atoms with E-state index < -0.39 is 0 Å². The average Bonchev–Trinajstić information content (AvgIpc) is 2.34. The van der Waals surface area contributed by atoms with Crippen LogP contribution in [0.1, 0.15) is 44.0 Å². The van der Waals surface area contributed by atoms with Crippen LogP contribution in [0, 0.1) is 5.41 Å². The van der Waals surface area contributed by atoms with Crippen LogP contribution in [0.5, 0.6) is 0 Å². The highest BCUT2D eigenvalue weighted by Crippen LogP contribution is 2.24. The highest BCUT2D eigenvalue weighted by Gasteiger charge is 2.15. The zero-order chi connectivity index (χ0) is 13.2. The first kappa shape index (κ1) is 12.7. The number of nitrogens with zero attached hydrogens (tertiary/aromatic N) is 1. The number of ketones is 1. The number of hydrogen-bond acceptors (Lipinski definition) is 2. The second-order valence-corrected chi connectivity index (χ2v) is 5.89. The fourth-order valence-corrected chi connectivity index (χ4v) is 1.98. The van der Waals surface area contributed by atoms with Gasteiger partial charge in [-0.1, -0.05) is 39.0 Å². The lowest BCUT2D eigenvalue weighted by Gasteiger charge is -2.17. The molecule has 0 fully saturated rings. The van der Waals surface area contributed by atoms with E-state index in [1.807, 2.05) is 24.3 Å². The Morgan fingerprint density at radius 2 is 2.00 bits per heavy atom. The number of Topliss-reactive ketones (excluding diaryl/α,β-unsaturated/α-hetero) is 1.